The molecule has 5 nitrogen and oxygen atoms in total. The number of nitrogens with one attached hydrogen (secondary N) is 2. The highest BCUT2D eigenvalue weighted by molar-refractivity contribution is 5.80. The highest BCUT2D eigenvalue weighted by atomic mass is 16.2. The average molecular weight is 371 g/mol. The number of carbonyl (C=O) groups excluding carboxylic acids is 1. The Labute approximate surface area is 163 Å². The van der Waals surface area contributed by atoms with Crippen molar-refractivity contribution in [3.8, 4) is 0 Å². The lowest BCUT2D eigenvalue weighted by Gasteiger charge is -2.28. The number of nitrogens with zero attached hydrogens (tertiary/aromatic N) is 2. The first-order chi connectivity index (χ1) is 13.2. The number of amides is 1. The van der Waals surface area contributed by atoms with Gasteiger partial charge in [0.2, 0.25) is 5.91 Å². The predicted molar refractivity (Wildman–Crippen MR) is 110 cm³/mol. The monoisotopic (exact) mass is 370 g/mol. The van der Waals surface area contributed by atoms with Crippen LogP contribution in [-0.2, 0) is 17.9 Å². The highest BCUT2D eigenvalue weighted by Crippen LogP contribution is 2.24. The Morgan fingerprint density at radius 1 is 1.22 bits per heavy atom. The van der Waals surface area contributed by atoms with E-state index >= 15 is 0 Å². The number of carbonyl (C=O) groups is 1. The molecule has 0 spiro atoms. The molecule has 1 fully saturated rings. The molecule has 0 aromatic heterocycles. The smallest absolute Gasteiger partial charge is 0.223 e. The van der Waals surface area contributed by atoms with Gasteiger partial charge in [0.15, 0.2) is 5.96 Å². The van der Waals surface area contributed by atoms with Crippen LogP contribution in [0.15, 0.2) is 29.3 Å². The summed E-state index contributed by atoms with van der Waals surface area (Å²) < 4.78 is 0. The quantitative estimate of drug-likeness (QED) is 0.458. The Morgan fingerprint density at radius 3 is 2.63 bits per heavy atom. The molecule has 1 aromatic rings. The summed E-state index contributed by atoms with van der Waals surface area (Å²) in [5.41, 5.74) is 2.56. The Hall–Kier alpha value is -2.04. The van der Waals surface area contributed by atoms with Gasteiger partial charge in [-0.3, -0.25) is 9.79 Å². The molecule has 1 aliphatic heterocycles. The van der Waals surface area contributed by atoms with Gasteiger partial charge >= 0.3 is 0 Å². The standard InChI is InChI=1S/C22H34N4O/c1-3-23-22(25-20-11-6-8-17(2)14-20)24-13-7-12-21(27)26-15-18-9-4-5-10-19(18)16-26/h4-5,9-10,17,20H,3,6-8,11-16H2,1-2H3,(H2,23,24,25). The minimum absolute atomic E-state index is 0.237. The van der Waals surface area contributed by atoms with Gasteiger partial charge in [-0.15, -0.1) is 0 Å². The molecule has 2 atom stereocenters. The molecular formula is C22H34N4O. The van der Waals surface area contributed by atoms with E-state index in [2.05, 4.69) is 36.6 Å². The van der Waals surface area contributed by atoms with Crippen LogP contribution in [0.5, 0.6) is 0 Å². The van der Waals surface area contributed by atoms with Crippen LogP contribution in [0, 0.1) is 5.92 Å². The number of guanidine groups is 1. The Morgan fingerprint density at radius 2 is 1.96 bits per heavy atom. The minimum Gasteiger partial charge on any atom is -0.357 e. The molecule has 3 rings (SSSR count). The van der Waals surface area contributed by atoms with Crippen molar-refractivity contribution in [2.45, 2.75) is 71.5 Å². The second kappa shape index (κ2) is 9.77. The Kier molecular flexibility index (Phi) is 7.13. The van der Waals surface area contributed by atoms with Crippen molar-refractivity contribution in [1.82, 2.24) is 15.5 Å². The van der Waals surface area contributed by atoms with Crippen molar-refractivity contribution < 1.29 is 4.79 Å². The molecule has 1 heterocycles. The van der Waals surface area contributed by atoms with Gasteiger partial charge in [0.25, 0.3) is 0 Å². The number of rotatable bonds is 6. The van der Waals surface area contributed by atoms with Gasteiger partial charge in [0.05, 0.1) is 0 Å². The predicted octanol–water partition coefficient (Wildman–Crippen LogP) is 3.44. The Balaban J connectivity index is 1.42. The summed E-state index contributed by atoms with van der Waals surface area (Å²) in [5, 5.41) is 6.93. The van der Waals surface area contributed by atoms with Crippen molar-refractivity contribution in [3.05, 3.63) is 35.4 Å². The van der Waals surface area contributed by atoms with Crippen molar-refractivity contribution in [1.29, 1.82) is 0 Å². The molecular weight excluding hydrogens is 336 g/mol. The lowest BCUT2D eigenvalue weighted by molar-refractivity contribution is -0.131. The average Bonchev–Trinajstić information content (AvgIpc) is 3.09. The fraction of sp³-hybridized carbons (Fsp3) is 0.636. The topological polar surface area (TPSA) is 56.7 Å². The maximum atomic E-state index is 12.5. The fourth-order valence-corrected chi connectivity index (χ4v) is 4.17. The van der Waals surface area contributed by atoms with Crippen molar-refractivity contribution in [2.75, 3.05) is 13.1 Å². The molecule has 0 saturated heterocycles. The zero-order valence-electron chi connectivity index (χ0n) is 16.8. The zero-order chi connectivity index (χ0) is 19.1. The van der Waals surface area contributed by atoms with E-state index in [4.69, 9.17) is 4.99 Å². The molecule has 5 heteroatoms. The summed E-state index contributed by atoms with van der Waals surface area (Å²) in [4.78, 5) is 19.1. The first kappa shape index (κ1) is 19.7. The second-order valence-electron chi connectivity index (χ2n) is 8.00. The van der Waals surface area contributed by atoms with Crippen LogP contribution in [0.25, 0.3) is 0 Å². The van der Waals surface area contributed by atoms with Gasteiger partial charge in [0, 0.05) is 38.6 Å². The SMILES string of the molecule is CCNC(=NCCCC(=O)N1Cc2ccccc2C1)NC1CCCC(C)C1. The molecule has 2 N–H and O–H groups in total. The third kappa shape index (κ3) is 5.72. The third-order valence-corrected chi connectivity index (χ3v) is 5.63. The maximum Gasteiger partial charge on any atom is 0.223 e. The van der Waals surface area contributed by atoms with E-state index in [1.54, 1.807) is 0 Å². The number of hydrogen-bond donors (Lipinski definition) is 2. The summed E-state index contributed by atoms with van der Waals surface area (Å²) >= 11 is 0. The van der Waals surface area contributed by atoms with Crippen LogP contribution in [0.1, 0.15) is 63.5 Å². The maximum absolute atomic E-state index is 12.5. The van der Waals surface area contributed by atoms with Crippen molar-refractivity contribution in [3.63, 3.8) is 0 Å². The molecule has 0 bridgehead atoms. The van der Waals surface area contributed by atoms with Gasteiger partial charge in [-0.1, -0.05) is 44.0 Å². The number of hydrogen-bond acceptors (Lipinski definition) is 2. The fourth-order valence-electron chi connectivity index (χ4n) is 4.17. The molecule has 1 amide bonds. The molecule has 148 valence electrons. The highest BCUT2D eigenvalue weighted by Gasteiger charge is 2.22. The van der Waals surface area contributed by atoms with Gasteiger partial charge in [-0.25, -0.2) is 0 Å². The molecule has 2 aliphatic rings. The molecule has 1 saturated carbocycles. The summed E-state index contributed by atoms with van der Waals surface area (Å²) in [6, 6.07) is 8.85. The normalized spacial score (nSPS) is 22.4. The van der Waals surface area contributed by atoms with Gasteiger partial charge in [0.1, 0.15) is 0 Å². The van der Waals surface area contributed by atoms with Crippen LogP contribution in [0.2, 0.25) is 0 Å². The van der Waals surface area contributed by atoms with E-state index in [-0.39, 0.29) is 5.91 Å². The van der Waals surface area contributed by atoms with Crippen LogP contribution < -0.4 is 10.6 Å². The van der Waals surface area contributed by atoms with Crippen LogP contribution >= 0.6 is 0 Å². The van der Waals surface area contributed by atoms with Gasteiger partial charge in [-0.2, -0.15) is 0 Å². The zero-order valence-corrected chi connectivity index (χ0v) is 16.8. The molecule has 1 aliphatic carbocycles. The lowest BCUT2D eigenvalue weighted by Crippen LogP contribution is -2.45. The van der Waals surface area contributed by atoms with E-state index in [0.29, 0.717) is 19.0 Å². The summed E-state index contributed by atoms with van der Waals surface area (Å²) in [6.45, 7) is 7.48. The van der Waals surface area contributed by atoms with Crippen LogP contribution in [-0.4, -0.2) is 35.9 Å². The largest absolute Gasteiger partial charge is 0.357 e. The van der Waals surface area contributed by atoms with Crippen molar-refractivity contribution in [2.24, 2.45) is 10.9 Å². The van der Waals surface area contributed by atoms with Crippen molar-refractivity contribution >= 4 is 11.9 Å². The second-order valence-corrected chi connectivity index (χ2v) is 8.00. The van der Waals surface area contributed by atoms with E-state index < -0.39 is 0 Å². The minimum atomic E-state index is 0.237. The molecule has 27 heavy (non-hydrogen) atoms. The summed E-state index contributed by atoms with van der Waals surface area (Å²) in [5.74, 6) is 1.93. The first-order valence-electron chi connectivity index (χ1n) is 10.5. The van der Waals surface area contributed by atoms with E-state index in [0.717, 1.165) is 37.9 Å². The molecule has 2 unspecified atom stereocenters. The number of aliphatic imine (C=N–C) groups is 1. The Bertz CT molecular complexity index is 632. The van der Waals surface area contributed by atoms with Crippen LogP contribution in [0.4, 0.5) is 0 Å². The molecule has 1 aromatic carbocycles. The summed E-state index contributed by atoms with van der Waals surface area (Å²) in [6.07, 6.45) is 6.45. The van der Waals surface area contributed by atoms with E-state index in [1.165, 1.54) is 36.8 Å². The molecule has 0 radical (unpaired) electrons. The van der Waals surface area contributed by atoms with Gasteiger partial charge < -0.3 is 15.5 Å². The van der Waals surface area contributed by atoms with E-state index in [1.807, 2.05) is 17.0 Å². The first-order valence-corrected chi connectivity index (χ1v) is 10.5. The lowest BCUT2D eigenvalue weighted by atomic mass is 9.87. The summed E-state index contributed by atoms with van der Waals surface area (Å²) in [7, 11) is 0. The van der Waals surface area contributed by atoms with Crippen LogP contribution in [0.3, 0.4) is 0 Å². The third-order valence-electron chi connectivity index (χ3n) is 5.63. The number of fused-ring (bicyclic) bond motifs is 1. The van der Waals surface area contributed by atoms with Gasteiger partial charge in [-0.05, 0) is 43.2 Å². The number of benzene rings is 1. The van der Waals surface area contributed by atoms with E-state index in [9.17, 15) is 4.79 Å².